The Morgan fingerprint density at radius 2 is 1.63 bits per heavy atom. The number of likely N-dealkylation sites (tertiary alicyclic amines) is 1. The number of sulfonamides is 1. The van der Waals surface area contributed by atoms with Crippen LogP contribution in [0.5, 0.6) is 0 Å². The first-order valence-electron chi connectivity index (χ1n) is 7.56. The van der Waals surface area contributed by atoms with Gasteiger partial charge in [-0.2, -0.15) is 0 Å². The van der Waals surface area contributed by atoms with Gasteiger partial charge in [0.2, 0.25) is 10.0 Å². The lowest BCUT2D eigenvalue weighted by Gasteiger charge is -2.47. The number of piperidine rings is 2. The van der Waals surface area contributed by atoms with Gasteiger partial charge in [0, 0.05) is 18.6 Å². The van der Waals surface area contributed by atoms with Crippen LogP contribution in [-0.2, 0) is 10.0 Å². The molecule has 0 unspecified atom stereocenters. The zero-order valence-corrected chi connectivity index (χ0v) is 12.9. The first-order valence-corrected chi connectivity index (χ1v) is 9.17. The van der Waals surface area contributed by atoms with E-state index in [4.69, 9.17) is 0 Å². The van der Waals surface area contributed by atoms with Gasteiger partial charge >= 0.3 is 0 Å². The molecule has 0 spiro atoms. The summed E-state index contributed by atoms with van der Waals surface area (Å²) in [6.07, 6.45) is 6.28. The molecule has 1 radical (unpaired) electrons. The largest absolute Gasteiger partial charge is 0.298 e. The van der Waals surface area contributed by atoms with E-state index in [0.717, 1.165) is 25.9 Å². The fourth-order valence-corrected chi connectivity index (χ4v) is 4.77. The van der Waals surface area contributed by atoms with Crippen LogP contribution in [0, 0.1) is 6.92 Å². The molecule has 111 valence electrons. The van der Waals surface area contributed by atoms with Crippen molar-refractivity contribution < 1.29 is 8.42 Å². The van der Waals surface area contributed by atoms with Crippen LogP contribution in [0.2, 0.25) is 0 Å². The Balaban J connectivity index is 1.94. The minimum Gasteiger partial charge on any atom is -0.298 e. The van der Waals surface area contributed by atoms with E-state index in [1.165, 1.54) is 19.3 Å². The normalized spacial score (nSPS) is 26.4. The lowest BCUT2D eigenvalue weighted by molar-refractivity contribution is 0.0589. The van der Waals surface area contributed by atoms with Crippen LogP contribution in [0.15, 0.2) is 0 Å². The SMILES string of the molecule is [CH2]C1(N2CCCCC2)CCN(S(=O)(=O)CCC)CC1. The van der Waals surface area contributed by atoms with E-state index in [-0.39, 0.29) is 11.3 Å². The van der Waals surface area contributed by atoms with Gasteiger partial charge in [0.25, 0.3) is 0 Å². The van der Waals surface area contributed by atoms with Gasteiger partial charge in [-0.3, -0.25) is 4.90 Å². The summed E-state index contributed by atoms with van der Waals surface area (Å²) in [6.45, 7) is 9.88. The summed E-state index contributed by atoms with van der Waals surface area (Å²) in [5.41, 5.74) is -0.0291. The highest BCUT2D eigenvalue weighted by Crippen LogP contribution is 2.31. The minimum atomic E-state index is -3.03. The zero-order chi connectivity index (χ0) is 13.9. The average molecular weight is 287 g/mol. The van der Waals surface area contributed by atoms with Crippen molar-refractivity contribution in [2.45, 2.75) is 51.0 Å². The molecule has 0 atom stereocenters. The smallest absolute Gasteiger partial charge is 0.214 e. The molecule has 2 aliphatic heterocycles. The molecule has 5 heteroatoms. The fourth-order valence-electron chi connectivity index (χ4n) is 3.25. The standard InChI is InChI=1S/C14H27N2O2S/c1-3-13-19(17,18)16-11-7-14(2,8-12-16)15-9-5-4-6-10-15/h2-13H2,1H3. The maximum Gasteiger partial charge on any atom is 0.214 e. The summed E-state index contributed by atoms with van der Waals surface area (Å²) >= 11 is 0. The third-order valence-corrected chi connectivity index (χ3v) is 6.61. The number of hydrogen-bond donors (Lipinski definition) is 0. The van der Waals surface area contributed by atoms with Crippen molar-refractivity contribution in [2.75, 3.05) is 31.9 Å². The first kappa shape index (κ1) is 15.3. The van der Waals surface area contributed by atoms with Gasteiger partial charge < -0.3 is 0 Å². The lowest BCUT2D eigenvalue weighted by Crippen LogP contribution is -2.56. The van der Waals surface area contributed by atoms with Crippen molar-refractivity contribution in [1.29, 1.82) is 0 Å². The van der Waals surface area contributed by atoms with Gasteiger partial charge in [0.05, 0.1) is 5.75 Å². The van der Waals surface area contributed by atoms with Crippen molar-refractivity contribution >= 4 is 10.0 Å². The highest BCUT2D eigenvalue weighted by atomic mass is 32.2. The highest BCUT2D eigenvalue weighted by Gasteiger charge is 2.38. The van der Waals surface area contributed by atoms with E-state index in [1.54, 1.807) is 4.31 Å². The van der Waals surface area contributed by atoms with Crippen molar-refractivity contribution in [3.8, 4) is 0 Å². The van der Waals surface area contributed by atoms with Gasteiger partial charge in [-0.25, -0.2) is 12.7 Å². The van der Waals surface area contributed by atoms with Crippen LogP contribution >= 0.6 is 0 Å². The number of rotatable bonds is 4. The summed E-state index contributed by atoms with van der Waals surface area (Å²) in [6, 6.07) is 0. The molecule has 0 bridgehead atoms. The summed E-state index contributed by atoms with van der Waals surface area (Å²) in [5.74, 6) is 0.279. The van der Waals surface area contributed by atoms with Gasteiger partial charge in [-0.15, -0.1) is 0 Å². The quantitative estimate of drug-likeness (QED) is 0.793. The Morgan fingerprint density at radius 1 is 1.05 bits per heavy atom. The molecule has 2 heterocycles. The molecule has 0 saturated carbocycles. The van der Waals surface area contributed by atoms with Crippen molar-refractivity contribution in [1.82, 2.24) is 9.21 Å². The molecule has 19 heavy (non-hydrogen) atoms. The van der Waals surface area contributed by atoms with E-state index < -0.39 is 10.0 Å². The predicted octanol–water partition coefficient (Wildman–Crippen LogP) is 1.88. The third-order valence-electron chi connectivity index (χ3n) is 4.54. The summed E-state index contributed by atoms with van der Waals surface area (Å²) in [5, 5.41) is 0. The second-order valence-corrected chi connectivity index (χ2v) is 8.08. The summed E-state index contributed by atoms with van der Waals surface area (Å²) in [4.78, 5) is 2.49. The van der Waals surface area contributed by atoms with Crippen LogP contribution in [0.25, 0.3) is 0 Å². The number of hydrogen-bond acceptors (Lipinski definition) is 3. The predicted molar refractivity (Wildman–Crippen MR) is 78.4 cm³/mol. The molecular weight excluding hydrogens is 260 g/mol. The lowest BCUT2D eigenvalue weighted by atomic mass is 9.87. The van der Waals surface area contributed by atoms with Crippen molar-refractivity contribution in [3.05, 3.63) is 6.92 Å². The Labute approximate surface area is 118 Å². The molecule has 2 saturated heterocycles. The molecule has 0 amide bonds. The van der Waals surface area contributed by atoms with Gasteiger partial charge in [-0.05, 0) is 52.1 Å². The van der Waals surface area contributed by atoms with Crippen LogP contribution < -0.4 is 0 Å². The second kappa shape index (κ2) is 6.10. The van der Waals surface area contributed by atoms with Crippen LogP contribution in [-0.4, -0.2) is 55.1 Å². The van der Waals surface area contributed by atoms with Gasteiger partial charge in [-0.1, -0.05) is 13.3 Å². The van der Waals surface area contributed by atoms with Crippen LogP contribution in [0.4, 0.5) is 0 Å². The fraction of sp³-hybridized carbons (Fsp3) is 0.929. The molecule has 0 aromatic heterocycles. The Morgan fingerprint density at radius 3 is 2.16 bits per heavy atom. The Kier molecular flexibility index (Phi) is 4.90. The zero-order valence-electron chi connectivity index (χ0n) is 12.1. The van der Waals surface area contributed by atoms with E-state index in [2.05, 4.69) is 11.8 Å². The Hall–Kier alpha value is -0.130. The summed E-state index contributed by atoms with van der Waals surface area (Å²) < 4.78 is 25.8. The second-order valence-electron chi connectivity index (χ2n) is 5.99. The van der Waals surface area contributed by atoms with Gasteiger partial charge in [0.15, 0.2) is 0 Å². The molecule has 2 fully saturated rings. The molecular formula is C14H27N2O2S. The van der Waals surface area contributed by atoms with E-state index in [1.807, 2.05) is 6.92 Å². The highest BCUT2D eigenvalue weighted by molar-refractivity contribution is 7.89. The third kappa shape index (κ3) is 3.50. The van der Waals surface area contributed by atoms with Crippen molar-refractivity contribution in [3.63, 3.8) is 0 Å². The number of nitrogens with zero attached hydrogens (tertiary/aromatic N) is 2. The molecule has 0 N–H and O–H groups in total. The maximum atomic E-state index is 12.1. The van der Waals surface area contributed by atoms with E-state index in [0.29, 0.717) is 19.5 Å². The monoisotopic (exact) mass is 287 g/mol. The van der Waals surface area contributed by atoms with Crippen LogP contribution in [0.3, 0.4) is 0 Å². The molecule has 0 aromatic carbocycles. The first-order chi connectivity index (χ1) is 8.98. The molecule has 0 aromatic rings. The average Bonchev–Trinajstić information content (AvgIpc) is 2.40. The van der Waals surface area contributed by atoms with Crippen molar-refractivity contribution in [2.24, 2.45) is 0 Å². The van der Waals surface area contributed by atoms with E-state index in [9.17, 15) is 8.42 Å². The van der Waals surface area contributed by atoms with Gasteiger partial charge in [0.1, 0.15) is 0 Å². The van der Waals surface area contributed by atoms with Crippen LogP contribution in [0.1, 0.15) is 45.4 Å². The Bertz CT molecular complexity index is 380. The molecule has 4 nitrogen and oxygen atoms in total. The minimum absolute atomic E-state index is 0.0291. The topological polar surface area (TPSA) is 40.6 Å². The molecule has 0 aliphatic carbocycles. The van der Waals surface area contributed by atoms with E-state index >= 15 is 0 Å². The maximum absolute atomic E-state index is 12.1. The summed E-state index contributed by atoms with van der Waals surface area (Å²) in [7, 11) is -3.03. The molecule has 2 aliphatic rings. The molecule has 2 rings (SSSR count).